The van der Waals surface area contributed by atoms with Crippen LogP contribution in [0.15, 0.2) is 33.8 Å². The lowest BCUT2D eigenvalue weighted by molar-refractivity contribution is 0.0902. The van der Waals surface area contributed by atoms with Crippen LogP contribution in [0.5, 0.6) is 0 Å². The van der Waals surface area contributed by atoms with Gasteiger partial charge in [-0.3, -0.25) is 19.2 Å². The maximum Gasteiger partial charge on any atom is 0.286 e. The van der Waals surface area contributed by atoms with Gasteiger partial charge in [0, 0.05) is 20.1 Å². The Kier molecular flexibility index (Phi) is 4.76. The van der Waals surface area contributed by atoms with Crippen LogP contribution in [-0.2, 0) is 13.6 Å². The van der Waals surface area contributed by atoms with Crippen molar-refractivity contribution >= 4 is 16.9 Å². The number of carbonyl (C=O) groups is 1. The zero-order chi connectivity index (χ0) is 18.8. The monoisotopic (exact) mass is 370 g/mol. The topological polar surface area (TPSA) is 109 Å². The summed E-state index contributed by atoms with van der Waals surface area (Å²) in [6.45, 7) is 2.95. The molecule has 0 bridgehead atoms. The van der Waals surface area contributed by atoms with Gasteiger partial charge < -0.3 is 14.7 Å². The summed E-state index contributed by atoms with van der Waals surface area (Å²) < 4.78 is 6.72. The van der Waals surface area contributed by atoms with E-state index in [9.17, 15) is 9.59 Å². The van der Waals surface area contributed by atoms with E-state index in [1.807, 2.05) is 0 Å². The third-order valence-electron chi connectivity index (χ3n) is 4.92. The Balaban J connectivity index is 1.38. The van der Waals surface area contributed by atoms with E-state index in [0.29, 0.717) is 41.6 Å². The van der Waals surface area contributed by atoms with E-state index in [2.05, 4.69) is 25.3 Å². The number of piperidine rings is 1. The molecule has 27 heavy (non-hydrogen) atoms. The van der Waals surface area contributed by atoms with Crippen LogP contribution >= 0.6 is 0 Å². The van der Waals surface area contributed by atoms with Crippen LogP contribution in [0.3, 0.4) is 0 Å². The van der Waals surface area contributed by atoms with Crippen LogP contribution in [0.2, 0.25) is 0 Å². The van der Waals surface area contributed by atoms with E-state index < -0.39 is 0 Å². The van der Waals surface area contributed by atoms with Crippen LogP contribution in [0.25, 0.3) is 11.0 Å². The molecule has 0 spiro atoms. The molecule has 3 aromatic heterocycles. The zero-order valence-corrected chi connectivity index (χ0v) is 15.1. The first kappa shape index (κ1) is 17.5. The molecule has 142 valence electrons. The minimum atomic E-state index is -0.190. The van der Waals surface area contributed by atoms with Crippen molar-refractivity contribution < 1.29 is 9.21 Å². The van der Waals surface area contributed by atoms with Gasteiger partial charge in [0.15, 0.2) is 11.4 Å². The lowest BCUT2D eigenvalue weighted by Gasteiger charge is -2.32. The molecule has 1 aliphatic heterocycles. The smallest absolute Gasteiger partial charge is 0.286 e. The number of aromatic nitrogens is 4. The number of aromatic amines is 1. The molecule has 3 aromatic rings. The summed E-state index contributed by atoms with van der Waals surface area (Å²) in [5.41, 5.74) is 0.426. The zero-order valence-electron chi connectivity index (χ0n) is 15.1. The Labute approximate surface area is 155 Å². The minimum Gasteiger partial charge on any atom is -0.459 e. The highest BCUT2D eigenvalue weighted by molar-refractivity contribution is 5.91. The second-order valence-corrected chi connectivity index (χ2v) is 6.95. The molecule has 1 fully saturated rings. The fraction of sp³-hybridized carbons (Fsp3) is 0.444. The van der Waals surface area contributed by atoms with Gasteiger partial charge in [-0.2, -0.15) is 5.10 Å². The van der Waals surface area contributed by atoms with Gasteiger partial charge in [-0.05, 0) is 37.4 Å². The van der Waals surface area contributed by atoms with Crippen molar-refractivity contribution in [3.63, 3.8) is 0 Å². The van der Waals surface area contributed by atoms with Crippen LogP contribution in [-0.4, -0.2) is 50.2 Å². The number of carbonyl (C=O) groups excluding carboxylic acids is 1. The van der Waals surface area contributed by atoms with E-state index in [4.69, 9.17) is 4.42 Å². The second kappa shape index (κ2) is 7.36. The normalized spacial score (nSPS) is 18.0. The van der Waals surface area contributed by atoms with Crippen LogP contribution < -0.4 is 10.9 Å². The van der Waals surface area contributed by atoms with Gasteiger partial charge in [-0.25, -0.2) is 4.98 Å². The average Bonchev–Trinajstić information content (AvgIpc) is 3.31. The molecule has 2 N–H and O–H groups in total. The van der Waals surface area contributed by atoms with Crippen molar-refractivity contribution in [2.75, 3.05) is 19.6 Å². The third-order valence-corrected chi connectivity index (χ3v) is 4.92. The summed E-state index contributed by atoms with van der Waals surface area (Å²) in [6, 6.07) is 3.35. The average molecular weight is 370 g/mol. The first-order valence-corrected chi connectivity index (χ1v) is 9.05. The van der Waals surface area contributed by atoms with E-state index in [1.165, 1.54) is 12.5 Å². The van der Waals surface area contributed by atoms with Crippen LogP contribution in [0, 0.1) is 5.92 Å². The molecule has 1 unspecified atom stereocenters. The highest BCUT2D eigenvalue weighted by Crippen LogP contribution is 2.17. The first-order valence-electron chi connectivity index (χ1n) is 9.05. The van der Waals surface area contributed by atoms with Crippen molar-refractivity contribution in [1.29, 1.82) is 0 Å². The molecule has 4 heterocycles. The summed E-state index contributed by atoms with van der Waals surface area (Å²) in [5, 5.41) is 7.52. The van der Waals surface area contributed by atoms with Crippen LogP contribution in [0.4, 0.5) is 0 Å². The molecule has 0 saturated carbocycles. The van der Waals surface area contributed by atoms with Crippen molar-refractivity contribution in [3.8, 4) is 0 Å². The number of nitrogens with one attached hydrogen (secondary N) is 2. The number of likely N-dealkylation sites (tertiary alicyclic amines) is 1. The number of aryl methyl sites for hydroxylation is 1. The Morgan fingerprint density at radius 1 is 1.48 bits per heavy atom. The Morgan fingerprint density at radius 3 is 3.19 bits per heavy atom. The molecule has 1 amide bonds. The minimum absolute atomic E-state index is 0.164. The maximum atomic E-state index is 12.2. The molecule has 1 saturated heterocycles. The number of hydrogen-bond acceptors (Lipinski definition) is 6. The summed E-state index contributed by atoms with van der Waals surface area (Å²) in [5.74, 6) is 1.12. The molecule has 9 nitrogen and oxygen atoms in total. The van der Waals surface area contributed by atoms with Crippen molar-refractivity contribution in [2.45, 2.75) is 19.4 Å². The first-order chi connectivity index (χ1) is 13.1. The molecular weight excluding hydrogens is 348 g/mol. The van der Waals surface area contributed by atoms with Gasteiger partial charge in [-0.1, -0.05) is 0 Å². The van der Waals surface area contributed by atoms with E-state index in [1.54, 1.807) is 23.9 Å². The van der Waals surface area contributed by atoms with Crippen molar-refractivity contribution in [1.82, 2.24) is 30.0 Å². The number of H-pyrrole nitrogens is 1. The van der Waals surface area contributed by atoms with Crippen molar-refractivity contribution in [3.05, 3.63) is 46.5 Å². The van der Waals surface area contributed by atoms with Gasteiger partial charge >= 0.3 is 0 Å². The molecule has 4 rings (SSSR count). The van der Waals surface area contributed by atoms with Gasteiger partial charge in [0.05, 0.1) is 19.0 Å². The second-order valence-electron chi connectivity index (χ2n) is 6.95. The van der Waals surface area contributed by atoms with Gasteiger partial charge in [0.2, 0.25) is 0 Å². The number of amides is 1. The number of rotatable bonds is 5. The fourth-order valence-corrected chi connectivity index (χ4v) is 3.56. The molecule has 0 aromatic carbocycles. The standard InChI is InChI=1S/C18H22N6O3/c1-23-16-13(9-20-23)17(25)22-15(21-16)11-24-6-2-4-12(10-24)8-19-18(26)14-5-3-7-27-14/h3,5,7,9,12H,2,4,6,8,10-11H2,1H3,(H,19,26)(H,21,22,25). The highest BCUT2D eigenvalue weighted by Gasteiger charge is 2.22. The largest absolute Gasteiger partial charge is 0.459 e. The van der Waals surface area contributed by atoms with Crippen LogP contribution in [0.1, 0.15) is 29.2 Å². The fourth-order valence-electron chi connectivity index (χ4n) is 3.56. The van der Waals surface area contributed by atoms with Gasteiger partial charge in [0.25, 0.3) is 11.5 Å². The third kappa shape index (κ3) is 3.77. The van der Waals surface area contributed by atoms with E-state index in [-0.39, 0.29) is 11.5 Å². The predicted molar refractivity (Wildman–Crippen MR) is 98.2 cm³/mol. The van der Waals surface area contributed by atoms with E-state index in [0.717, 1.165) is 25.9 Å². The molecule has 0 aliphatic carbocycles. The van der Waals surface area contributed by atoms with E-state index >= 15 is 0 Å². The summed E-state index contributed by atoms with van der Waals surface area (Å²) in [7, 11) is 1.77. The molecule has 0 radical (unpaired) electrons. The number of nitrogens with zero attached hydrogens (tertiary/aromatic N) is 4. The van der Waals surface area contributed by atoms with Gasteiger partial charge in [-0.15, -0.1) is 0 Å². The maximum absolute atomic E-state index is 12.2. The lowest BCUT2D eigenvalue weighted by Crippen LogP contribution is -2.41. The number of furan rings is 1. The Morgan fingerprint density at radius 2 is 2.37 bits per heavy atom. The summed E-state index contributed by atoms with van der Waals surface area (Å²) in [4.78, 5) is 33.9. The molecular formula is C18H22N6O3. The summed E-state index contributed by atoms with van der Waals surface area (Å²) in [6.07, 6.45) is 5.12. The highest BCUT2D eigenvalue weighted by atomic mass is 16.3. The molecule has 1 atom stereocenters. The predicted octanol–water partition coefficient (Wildman–Crippen LogP) is 0.892. The Bertz CT molecular complexity index is 990. The SMILES string of the molecule is Cn1ncc2c(=O)[nH]c(CN3CCCC(CNC(=O)c4ccco4)C3)nc21. The number of hydrogen-bond donors (Lipinski definition) is 2. The molecule has 9 heteroatoms. The quantitative estimate of drug-likeness (QED) is 0.690. The van der Waals surface area contributed by atoms with Crippen molar-refractivity contribution in [2.24, 2.45) is 13.0 Å². The Hall–Kier alpha value is -2.94. The molecule has 1 aliphatic rings. The number of fused-ring (bicyclic) bond motifs is 1. The lowest BCUT2D eigenvalue weighted by atomic mass is 9.98. The van der Waals surface area contributed by atoms with Gasteiger partial charge in [0.1, 0.15) is 11.2 Å². The summed E-state index contributed by atoms with van der Waals surface area (Å²) >= 11 is 0.